The van der Waals surface area contributed by atoms with Gasteiger partial charge in [0.15, 0.2) is 9.84 Å². The van der Waals surface area contributed by atoms with Crippen molar-refractivity contribution in [3.8, 4) is 0 Å². The summed E-state index contributed by atoms with van der Waals surface area (Å²) in [6.07, 6.45) is 0.0187. The Morgan fingerprint density at radius 2 is 2.16 bits per heavy atom. The van der Waals surface area contributed by atoms with Crippen molar-refractivity contribution >= 4 is 19.9 Å². The molecule has 0 aliphatic carbocycles. The number of morpholine rings is 1. The highest BCUT2D eigenvalue weighted by molar-refractivity contribution is 7.95. The lowest BCUT2D eigenvalue weighted by molar-refractivity contribution is 0.0205. The molecule has 112 valence electrons. The van der Waals surface area contributed by atoms with Crippen molar-refractivity contribution in [2.45, 2.75) is 17.8 Å². The van der Waals surface area contributed by atoms with E-state index in [1.165, 1.54) is 11.4 Å². The van der Waals surface area contributed by atoms with Crippen LogP contribution >= 0.6 is 0 Å². The molecule has 0 amide bonds. The van der Waals surface area contributed by atoms with Crippen molar-refractivity contribution in [3.05, 3.63) is 0 Å². The highest BCUT2D eigenvalue weighted by Gasteiger charge is 2.39. The first kappa shape index (κ1) is 15.2. The standard InChI is InChI=1S/C10H20N2O5S2/c1-12(7-9-6-11-3-4-17-9)19(15,16)10-2-5-18(13,14)8-10/h9-11H,2-8H2,1H3. The Hall–Kier alpha value is -0.220. The van der Waals surface area contributed by atoms with Crippen LogP contribution in [0, 0.1) is 0 Å². The Kier molecular flexibility index (Phi) is 4.51. The van der Waals surface area contributed by atoms with Crippen LogP contribution in [0.25, 0.3) is 0 Å². The zero-order valence-electron chi connectivity index (χ0n) is 10.9. The van der Waals surface area contributed by atoms with Crippen LogP contribution in [0.4, 0.5) is 0 Å². The first-order valence-electron chi connectivity index (χ1n) is 6.29. The van der Waals surface area contributed by atoms with E-state index in [1.54, 1.807) is 0 Å². The lowest BCUT2D eigenvalue weighted by Crippen LogP contribution is -2.47. The Labute approximate surface area is 114 Å². The van der Waals surface area contributed by atoms with Crippen molar-refractivity contribution in [2.75, 3.05) is 44.8 Å². The summed E-state index contributed by atoms with van der Waals surface area (Å²) in [5.41, 5.74) is 0. The highest BCUT2D eigenvalue weighted by atomic mass is 32.2. The van der Waals surface area contributed by atoms with Crippen LogP contribution in [-0.2, 0) is 24.6 Å². The number of sulfonamides is 1. The van der Waals surface area contributed by atoms with Gasteiger partial charge in [-0.25, -0.2) is 21.1 Å². The first-order valence-corrected chi connectivity index (χ1v) is 9.61. The van der Waals surface area contributed by atoms with Gasteiger partial charge in [0, 0.05) is 26.7 Å². The van der Waals surface area contributed by atoms with Crippen molar-refractivity contribution in [1.82, 2.24) is 9.62 Å². The highest BCUT2D eigenvalue weighted by Crippen LogP contribution is 2.21. The molecule has 2 rings (SSSR count). The fourth-order valence-electron chi connectivity index (χ4n) is 2.38. The van der Waals surface area contributed by atoms with Gasteiger partial charge in [-0.2, -0.15) is 0 Å². The molecule has 2 unspecified atom stereocenters. The van der Waals surface area contributed by atoms with E-state index in [1.807, 2.05) is 0 Å². The maximum Gasteiger partial charge on any atom is 0.217 e. The fourth-order valence-corrected chi connectivity index (χ4v) is 6.68. The number of rotatable bonds is 4. The Morgan fingerprint density at radius 3 is 2.68 bits per heavy atom. The van der Waals surface area contributed by atoms with E-state index in [0.717, 1.165) is 6.54 Å². The Balaban J connectivity index is 1.99. The molecule has 0 aromatic carbocycles. The smallest absolute Gasteiger partial charge is 0.217 e. The summed E-state index contributed by atoms with van der Waals surface area (Å²) in [5.74, 6) is -0.296. The van der Waals surface area contributed by atoms with Crippen LogP contribution in [0.2, 0.25) is 0 Å². The quantitative estimate of drug-likeness (QED) is 0.674. The van der Waals surface area contributed by atoms with Crippen molar-refractivity contribution < 1.29 is 21.6 Å². The summed E-state index contributed by atoms with van der Waals surface area (Å²) >= 11 is 0. The summed E-state index contributed by atoms with van der Waals surface area (Å²) in [6, 6.07) is 0. The van der Waals surface area contributed by atoms with E-state index in [0.29, 0.717) is 13.2 Å². The average molecular weight is 312 g/mol. The molecular weight excluding hydrogens is 292 g/mol. The molecule has 0 saturated carbocycles. The summed E-state index contributed by atoms with van der Waals surface area (Å²) in [4.78, 5) is 0. The van der Waals surface area contributed by atoms with Gasteiger partial charge in [0.05, 0.1) is 29.5 Å². The summed E-state index contributed by atoms with van der Waals surface area (Å²) in [5, 5.41) is 2.33. The number of ether oxygens (including phenoxy) is 1. The molecule has 0 bridgehead atoms. The van der Waals surface area contributed by atoms with Crippen LogP contribution in [-0.4, -0.2) is 77.3 Å². The Bertz CT molecular complexity index is 510. The molecule has 2 aliphatic heterocycles. The molecule has 9 heteroatoms. The van der Waals surface area contributed by atoms with Crippen molar-refractivity contribution in [3.63, 3.8) is 0 Å². The van der Waals surface area contributed by atoms with Gasteiger partial charge in [-0.15, -0.1) is 0 Å². The molecule has 0 aromatic heterocycles. The van der Waals surface area contributed by atoms with Crippen LogP contribution in [0.3, 0.4) is 0 Å². The average Bonchev–Trinajstić information content (AvgIpc) is 2.71. The normalized spacial score (nSPS) is 31.7. The van der Waals surface area contributed by atoms with E-state index in [2.05, 4.69) is 5.32 Å². The third kappa shape index (κ3) is 3.66. The molecule has 2 fully saturated rings. The maximum absolute atomic E-state index is 12.3. The zero-order valence-corrected chi connectivity index (χ0v) is 12.5. The molecule has 2 aliphatic rings. The minimum absolute atomic E-state index is 0.0355. The third-order valence-electron chi connectivity index (χ3n) is 3.51. The Morgan fingerprint density at radius 1 is 1.42 bits per heavy atom. The predicted molar refractivity (Wildman–Crippen MR) is 71.2 cm³/mol. The topological polar surface area (TPSA) is 92.8 Å². The van der Waals surface area contributed by atoms with Gasteiger partial charge in [-0.05, 0) is 6.42 Å². The van der Waals surface area contributed by atoms with Crippen molar-refractivity contribution in [2.24, 2.45) is 0 Å². The maximum atomic E-state index is 12.3. The van der Waals surface area contributed by atoms with Gasteiger partial charge in [0.25, 0.3) is 0 Å². The molecule has 2 atom stereocenters. The minimum atomic E-state index is -3.56. The van der Waals surface area contributed by atoms with Gasteiger partial charge in [0.2, 0.25) is 10.0 Å². The molecular formula is C10H20N2O5S2. The number of likely N-dealkylation sites (N-methyl/N-ethyl adjacent to an activating group) is 1. The van der Waals surface area contributed by atoms with E-state index in [9.17, 15) is 16.8 Å². The lowest BCUT2D eigenvalue weighted by Gasteiger charge is -2.28. The predicted octanol–water partition coefficient (Wildman–Crippen LogP) is -1.58. The monoisotopic (exact) mass is 312 g/mol. The summed E-state index contributed by atoms with van der Waals surface area (Å²) in [7, 11) is -5.27. The molecule has 0 radical (unpaired) electrons. The van der Waals surface area contributed by atoms with E-state index in [4.69, 9.17) is 4.74 Å². The molecule has 2 saturated heterocycles. The third-order valence-corrected chi connectivity index (χ3v) is 7.75. The number of nitrogens with zero attached hydrogens (tertiary/aromatic N) is 1. The van der Waals surface area contributed by atoms with Crippen molar-refractivity contribution in [1.29, 1.82) is 0 Å². The lowest BCUT2D eigenvalue weighted by atomic mass is 10.3. The fraction of sp³-hybridized carbons (Fsp3) is 1.00. The van der Waals surface area contributed by atoms with Gasteiger partial charge >= 0.3 is 0 Å². The molecule has 0 spiro atoms. The zero-order chi connectivity index (χ0) is 14.1. The second-order valence-electron chi connectivity index (χ2n) is 5.05. The minimum Gasteiger partial charge on any atom is -0.374 e. The number of sulfone groups is 1. The van der Waals surface area contributed by atoms with Gasteiger partial charge in [-0.1, -0.05) is 0 Å². The SMILES string of the molecule is CN(CC1CNCCO1)S(=O)(=O)C1CCS(=O)(=O)C1. The molecule has 2 heterocycles. The van der Waals surface area contributed by atoms with E-state index in [-0.39, 0.29) is 30.6 Å². The van der Waals surface area contributed by atoms with Crippen LogP contribution in [0.5, 0.6) is 0 Å². The molecule has 0 aromatic rings. The van der Waals surface area contributed by atoms with Gasteiger partial charge in [0.1, 0.15) is 0 Å². The van der Waals surface area contributed by atoms with Gasteiger partial charge in [-0.3, -0.25) is 0 Å². The van der Waals surface area contributed by atoms with Gasteiger partial charge < -0.3 is 10.1 Å². The number of hydrogen-bond acceptors (Lipinski definition) is 6. The summed E-state index contributed by atoms with van der Waals surface area (Å²) in [6.45, 7) is 2.21. The van der Waals surface area contributed by atoms with E-state index >= 15 is 0 Å². The molecule has 19 heavy (non-hydrogen) atoms. The van der Waals surface area contributed by atoms with E-state index < -0.39 is 25.1 Å². The van der Waals surface area contributed by atoms with Crippen LogP contribution < -0.4 is 5.32 Å². The molecule has 7 nitrogen and oxygen atoms in total. The van der Waals surface area contributed by atoms with Crippen LogP contribution in [0.1, 0.15) is 6.42 Å². The number of hydrogen-bond donors (Lipinski definition) is 1. The van der Waals surface area contributed by atoms with Crippen LogP contribution in [0.15, 0.2) is 0 Å². The molecule has 1 N–H and O–H groups in total. The second-order valence-corrected chi connectivity index (χ2v) is 9.60. The summed E-state index contributed by atoms with van der Waals surface area (Å²) < 4.78 is 54.0. The second kappa shape index (κ2) is 5.65. The largest absolute Gasteiger partial charge is 0.374 e. The first-order chi connectivity index (χ1) is 8.81. The number of nitrogens with one attached hydrogen (secondary N) is 1.